The molecule has 9 nitrogen and oxygen atoms in total. The second kappa shape index (κ2) is 11.8. The molecule has 0 aliphatic rings. The molecule has 0 fully saturated rings. The molecule has 0 aliphatic carbocycles. The second-order valence-corrected chi connectivity index (χ2v) is 8.56. The van der Waals surface area contributed by atoms with Crippen LogP contribution in [0.15, 0.2) is 102 Å². The number of rotatable bonds is 10. The summed E-state index contributed by atoms with van der Waals surface area (Å²) >= 11 is 0. The number of anilines is 2. The monoisotopic (exact) mass is 522 g/mol. The summed E-state index contributed by atoms with van der Waals surface area (Å²) in [4.78, 5) is 29.4. The number of nitrogens with one attached hydrogen (secondary N) is 2. The van der Waals surface area contributed by atoms with E-state index in [2.05, 4.69) is 15.6 Å². The van der Waals surface area contributed by atoms with Crippen molar-refractivity contribution in [2.24, 2.45) is 0 Å². The normalized spacial score (nSPS) is 10.7. The Morgan fingerprint density at radius 2 is 1.69 bits per heavy atom. The Hall–Kier alpha value is -5.31. The number of carbonyl (C=O) groups is 2. The molecule has 3 aromatic carbocycles. The van der Waals surface area contributed by atoms with Crippen molar-refractivity contribution in [2.45, 2.75) is 6.61 Å². The number of carbonyl (C=O) groups excluding carboxylic acids is 2. The first kappa shape index (κ1) is 25.3. The zero-order valence-electron chi connectivity index (χ0n) is 20.9. The number of nitrogen functional groups attached to an aromatic ring is 1. The van der Waals surface area contributed by atoms with Gasteiger partial charge in [-0.15, -0.1) is 0 Å². The van der Waals surface area contributed by atoms with Gasteiger partial charge in [0.1, 0.15) is 30.3 Å². The van der Waals surface area contributed by atoms with Gasteiger partial charge in [0.2, 0.25) is 0 Å². The smallest absolute Gasteiger partial charge is 0.287 e. The van der Waals surface area contributed by atoms with E-state index in [4.69, 9.17) is 19.6 Å². The Morgan fingerprint density at radius 3 is 2.49 bits per heavy atom. The van der Waals surface area contributed by atoms with Crippen molar-refractivity contribution in [3.63, 3.8) is 0 Å². The van der Waals surface area contributed by atoms with E-state index in [0.717, 1.165) is 5.69 Å². The number of amides is 2. The number of fused-ring (bicyclic) bond motifs is 1. The van der Waals surface area contributed by atoms with E-state index >= 15 is 0 Å². The molecule has 0 radical (unpaired) electrons. The summed E-state index contributed by atoms with van der Waals surface area (Å²) in [5, 5.41) is 6.27. The van der Waals surface area contributed by atoms with Crippen LogP contribution in [0.4, 0.5) is 11.4 Å². The van der Waals surface area contributed by atoms with Gasteiger partial charge in [0.15, 0.2) is 5.76 Å². The molecular weight excluding hydrogens is 496 g/mol. The molecule has 0 saturated heterocycles. The maximum Gasteiger partial charge on any atom is 0.287 e. The third kappa shape index (κ3) is 6.34. The quantitative estimate of drug-likeness (QED) is 0.173. The van der Waals surface area contributed by atoms with Crippen molar-refractivity contribution >= 4 is 34.2 Å². The number of ether oxygens (including phenoxy) is 2. The number of para-hydroxylation sites is 2. The summed E-state index contributed by atoms with van der Waals surface area (Å²) in [7, 11) is 0. The minimum absolute atomic E-state index is 0.174. The molecular formula is C30H26N4O5. The van der Waals surface area contributed by atoms with Crippen LogP contribution in [0.3, 0.4) is 0 Å². The highest BCUT2D eigenvalue weighted by Crippen LogP contribution is 2.29. The van der Waals surface area contributed by atoms with Gasteiger partial charge in [0.05, 0.1) is 29.0 Å². The highest BCUT2D eigenvalue weighted by Gasteiger charge is 2.15. The van der Waals surface area contributed by atoms with Crippen molar-refractivity contribution < 1.29 is 23.5 Å². The molecule has 0 spiro atoms. The average molecular weight is 523 g/mol. The standard InChI is InChI=1S/C30H26N4O5/c31-24-7-1-2-8-25(24)34-29(35)20-11-13-22(14-12-20)37-17-16-33-30(36)28-18-23-26(9-5-10-27(23)39-28)38-19-21-6-3-4-15-32-21/h1-15,18H,16-17,19,31H2,(H,33,36)(H,34,35). The minimum Gasteiger partial charge on any atom is -0.492 e. The number of benzene rings is 3. The number of furan rings is 1. The summed E-state index contributed by atoms with van der Waals surface area (Å²) in [5.74, 6) is 0.709. The third-order valence-corrected chi connectivity index (χ3v) is 5.83. The Morgan fingerprint density at radius 1 is 0.872 bits per heavy atom. The molecule has 0 saturated carbocycles. The number of hydrogen-bond donors (Lipinski definition) is 3. The molecule has 0 bridgehead atoms. The van der Waals surface area contributed by atoms with E-state index < -0.39 is 0 Å². The Balaban J connectivity index is 1.11. The Labute approximate surface area is 224 Å². The van der Waals surface area contributed by atoms with E-state index in [1.165, 1.54) is 0 Å². The summed E-state index contributed by atoms with van der Waals surface area (Å²) in [5.41, 5.74) is 8.73. The van der Waals surface area contributed by atoms with Crippen molar-refractivity contribution in [3.05, 3.63) is 114 Å². The lowest BCUT2D eigenvalue weighted by atomic mass is 10.2. The molecule has 4 N–H and O–H groups in total. The van der Waals surface area contributed by atoms with E-state index in [0.29, 0.717) is 46.0 Å². The molecule has 5 aromatic rings. The maximum atomic E-state index is 12.6. The number of nitrogens with two attached hydrogens (primary N) is 1. The summed E-state index contributed by atoms with van der Waals surface area (Å²) in [6.45, 7) is 0.794. The fourth-order valence-corrected chi connectivity index (χ4v) is 3.84. The summed E-state index contributed by atoms with van der Waals surface area (Å²) in [6, 6.07) is 26.4. The predicted octanol–water partition coefficient (Wildman–Crippen LogP) is 5.05. The van der Waals surface area contributed by atoms with E-state index in [-0.39, 0.29) is 30.7 Å². The zero-order valence-corrected chi connectivity index (χ0v) is 20.9. The number of nitrogens with zero attached hydrogens (tertiary/aromatic N) is 1. The van der Waals surface area contributed by atoms with Crippen molar-refractivity contribution in [2.75, 3.05) is 24.2 Å². The van der Waals surface area contributed by atoms with Crippen LogP contribution in [0.2, 0.25) is 0 Å². The number of hydrogen-bond acceptors (Lipinski definition) is 7. The topological polar surface area (TPSA) is 129 Å². The fraction of sp³-hybridized carbons (Fsp3) is 0.100. The van der Waals surface area contributed by atoms with Crippen LogP contribution >= 0.6 is 0 Å². The van der Waals surface area contributed by atoms with Gasteiger partial charge < -0.3 is 30.3 Å². The van der Waals surface area contributed by atoms with Gasteiger partial charge in [0.25, 0.3) is 11.8 Å². The molecule has 2 heterocycles. The van der Waals surface area contributed by atoms with Crippen molar-refractivity contribution in [1.82, 2.24) is 10.3 Å². The van der Waals surface area contributed by atoms with Gasteiger partial charge in [-0.1, -0.05) is 24.3 Å². The molecule has 39 heavy (non-hydrogen) atoms. The van der Waals surface area contributed by atoms with Crippen LogP contribution in [0.5, 0.6) is 11.5 Å². The lowest BCUT2D eigenvalue weighted by Gasteiger charge is -2.09. The van der Waals surface area contributed by atoms with Crippen LogP contribution < -0.4 is 25.8 Å². The lowest BCUT2D eigenvalue weighted by molar-refractivity contribution is 0.0920. The third-order valence-electron chi connectivity index (χ3n) is 5.83. The minimum atomic E-state index is -0.363. The van der Waals surface area contributed by atoms with Crippen LogP contribution in [0, 0.1) is 0 Å². The molecule has 9 heteroatoms. The first-order valence-electron chi connectivity index (χ1n) is 12.3. The first-order chi connectivity index (χ1) is 19.1. The van der Waals surface area contributed by atoms with Gasteiger partial charge in [-0.25, -0.2) is 0 Å². The molecule has 196 valence electrons. The van der Waals surface area contributed by atoms with Gasteiger partial charge in [-0.3, -0.25) is 14.6 Å². The highest BCUT2D eigenvalue weighted by atomic mass is 16.5. The number of aromatic nitrogens is 1. The molecule has 2 aromatic heterocycles. The SMILES string of the molecule is Nc1ccccc1NC(=O)c1ccc(OCCNC(=O)c2cc3c(OCc4ccccn4)cccc3o2)cc1. The Bertz CT molecular complexity index is 1580. The molecule has 0 aliphatic heterocycles. The van der Waals surface area contributed by atoms with Gasteiger partial charge in [-0.05, 0) is 60.7 Å². The van der Waals surface area contributed by atoms with E-state index in [1.807, 2.05) is 24.3 Å². The second-order valence-electron chi connectivity index (χ2n) is 8.56. The largest absolute Gasteiger partial charge is 0.492 e. The molecule has 0 unspecified atom stereocenters. The molecule has 0 atom stereocenters. The average Bonchev–Trinajstić information content (AvgIpc) is 3.41. The van der Waals surface area contributed by atoms with Crippen LogP contribution in [0.1, 0.15) is 26.6 Å². The summed E-state index contributed by atoms with van der Waals surface area (Å²) in [6.07, 6.45) is 1.71. The number of pyridine rings is 1. The van der Waals surface area contributed by atoms with Crippen LogP contribution in [0.25, 0.3) is 11.0 Å². The highest BCUT2D eigenvalue weighted by molar-refractivity contribution is 6.05. The first-order valence-corrected chi connectivity index (χ1v) is 12.3. The van der Waals surface area contributed by atoms with Crippen LogP contribution in [-0.2, 0) is 6.61 Å². The predicted molar refractivity (Wildman–Crippen MR) is 148 cm³/mol. The van der Waals surface area contributed by atoms with Gasteiger partial charge in [-0.2, -0.15) is 0 Å². The van der Waals surface area contributed by atoms with Gasteiger partial charge >= 0.3 is 0 Å². The molecule has 2 amide bonds. The van der Waals surface area contributed by atoms with E-state index in [1.54, 1.807) is 72.9 Å². The van der Waals surface area contributed by atoms with Crippen molar-refractivity contribution in [3.8, 4) is 11.5 Å². The lowest BCUT2D eigenvalue weighted by Crippen LogP contribution is -2.27. The van der Waals surface area contributed by atoms with Gasteiger partial charge in [0, 0.05) is 17.8 Å². The fourth-order valence-electron chi connectivity index (χ4n) is 3.84. The molecule has 5 rings (SSSR count). The van der Waals surface area contributed by atoms with Crippen molar-refractivity contribution in [1.29, 1.82) is 0 Å². The summed E-state index contributed by atoms with van der Waals surface area (Å²) < 4.78 is 17.3. The Kier molecular flexibility index (Phi) is 7.68. The zero-order chi connectivity index (χ0) is 27.0. The van der Waals surface area contributed by atoms with Crippen LogP contribution in [-0.4, -0.2) is 29.9 Å². The maximum absolute atomic E-state index is 12.6. The van der Waals surface area contributed by atoms with E-state index in [9.17, 15) is 9.59 Å².